The summed E-state index contributed by atoms with van der Waals surface area (Å²) in [5.41, 5.74) is 1.44. The van der Waals surface area contributed by atoms with Crippen LogP contribution in [0.15, 0.2) is 55.4 Å². The van der Waals surface area contributed by atoms with E-state index in [0.29, 0.717) is 33.1 Å². The maximum absolute atomic E-state index is 14.2. The van der Waals surface area contributed by atoms with E-state index in [1.54, 1.807) is 24.5 Å². The Hall–Kier alpha value is -3.66. The average molecular weight is 457 g/mol. The normalized spacial score (nSPS) is 11.2. The summed E-state index contributed by atoms with van der Waals surface area (Å²) in [6, 6.07) is 7.52. The highest BCUT2D eigenvalue weighted by molar-refractivity contribution is 7.15. The summed E-state index contributed by atoms with van der Waals surface area (Å²) < 4.78 is 41.9. The van der Waals surface area contributed by atoms with Crippen LogP contribution in [0.25, 0.3) is 22.2 Å². The first kappa shape index (κ1) is 21.6. The van der Waals surface area contributed by atoms with Crippen molar-refractivity contribution >= 4 is 44.8 Å². The highest BCUT2D eigenvalue weighted by Gasteiger charge is 2.16. The number of thiazole rings is 1. The molecule has 0 fully saturated rings. The fraction of sp³-hybridized carbons (Fsp3) is 0.136. The van der Waals surface area contributed by atoms with Crippen LogP contribution in [0, 0.1) is 12.7 Å². The zero-order chi connectivity index (χ0) is 22.8. The monoisotopic (exact) mass is 457 g/mol. The van der Waals surface area contributed by atoms with Gasteiger partial charge in [0.15, 0.2) is 5.13 Å². The largest absolute Gasteiger partial charge is 0.342 e. The molecule has 1 amide bonds. The third kappa shape index (κ3) is 4.50. The van der Waals surface area contributed by atoms with Crippen LogP contribution in [0.4, 0.5) is 29.8 Å². The summed E-state index contributed by atoms with van der Waals surface area (Å²) in [5.74, 6) is -0.781. The molecule has 0 radical (unpaired) electrons. The Bertz CT molecular complexity index is 1310. The molecule has 0 aliphatic heterocycles. The molecular weight excluding hydrogens is 439 g/mol. The van der Waals surface area contributed by atoms with Gasteiger partial charge in [-0.05, 0) is 37.3 Å². The van der Waals surface area contributed by atoms with Crippen LogP contribution in [-0.4, -0.2) is 26.9 Å². The summed E-state index contributed by atoms with van der Waals surface area (Å²) in [6.07, 6.45) is 1.77. The number of aryl methyl sites for hydroxylation is 1. The molecule has 32 heavy (non-hydrogen) atoms. The Morgan fingerprint density at radius 1 is 1.31 bits per heavy atom. The van der Waals surface area contributed by atoms with E-state index >= 15 is 0 Å². The van der Waals surface area contributed by atoms with Gasteiger partial charge in [-0.25, -0.2) is 23.1 Å². The number of carbonyl (C=O) groups excluding carboxylic acids is 1. The Morgan fingerprint density at radius 2 is 2.12 bits per heavy atom. The van der Waals surface area contributed by atoms with Gasteiger partial charge in [-0.15, -0.1) is 11.3 Å². The number of hydrogen-bond acceptors (Lipinski definition) is 5. The summed E-state index contributed by atoms with van der Waals surface area (Å²) in [7, 11) is 0. The number of alkyl halides is 2. The van der Waals surface area contributed by atoms with Crippen molar-refractivity contribution in [3.63, 3.8) is 0 Å². The first-order valence-electron chi connectivity index (χ1n) is 9.55. The molecule has 3 aromatic heterocycles. The highest BCUT2D eigenvalue weighted by Crippen LogP contribution is 2.34. The quantitative estimate of drug-likeness (QED) is 0.347. The molecule has 3 heterocycles. The van der Waals surface area contributed by atoms with Crippen molar-refractivity contribution < 1.29 is 18.0 Å². The molecule has 0 bridgehead atoms. The predicted octanol–water partition coefficient (Wildman–Crippen LogP) is 5.74. The zero-order valence-electron chi connectivity index (χ0n) is 16.9. The summed E-state index contributed by atoms with van der Waals surface area (Å²) in [6.45, 7) is 4.80. The molecule has 0 aliphatic rings. The Balaban J connectivity index is 1.85. The van der Waals surface area contributed by atoms with Crippen molar-refractivity contribution in [3.05, 3.63) is 66.1 Å². The van der Waals surface area contributed by atoms with E-state index in [-0.39, 0.29) is 5.69 Å². The Labute approximate surface area is 185 Å². The van der Waals surface area contributed by atoms with Gasteiger partial charge in [0.25, 0.3) is 6.43 Å². The van der Waals surface area contributed by atoms with Gasteiger partial charge < -0.3 is 15.2 Å². The van der Waals surface area contributed by atoms with Gasteiger partial charge in [0.05, 0.1) is 23.4 Å². The Morgan fingerprint density at radius 3 is 2.81 bits per heavy atom. The fourth-order valence-corrected chi connectivity index (χ4v) is 3.93. The third-order valence-electron chi connectivity index (χ3n) is 4.64. The summed E-state index contributed by atoms with van der Waals surface area (Å²) in [4.78, 5) is 21.5. The lowest BCUT2D eigenvalue weighted by Crippen LogP contribution is -2.09. The number of hydrogen-bond donors (Lipinski definition) is 2. The number of halogens is 3. The van der Waals surface area contributed by atoms with Crippen LogP contribution in [0.1, 0.15) is 4.88 Å². The molecule has 2 N–H and O–H groups in total. The second-order valence-corrected chi connectivity index (χ2v) is 8.17. The minimum Gasteiger partial charge on any atom is -0.342 e. The van der Waals surface area contributed by atoms with Crippen molar-refractivity contribution in [2.75, 3.05) is 10.6 Å². The smallest absolute Gasteiger partial charge is 0.256 e. The van der Waals surface area contributed by atoms with E-state index in [2.05, 4.69) is 27.2 Å². The number of amides is 1. The molecule has 1 aromatic carbocycles. The summed E-state index contributed by atoms with van der Waals surface area (Å²) >= 11 is 1.42. The lowest BCUT2D eigenvalue weighted by atomic mass is 10.1. The molecule has 164 valence electrons. The van der Waals surface area contributed by atoms with Crippen molar-refractivity contribution in [1.82, 2.24) is 14.5 Å². The van der Waals surface area contributed by atoms with Gasteiger partial charge in [-0.2, -0.15) is 0 Å². The molecule has 0 saturated heterocycles. The topological polar surface area (TPSA) is 71.8 Å². The molecule has 0 spiro atoms. The van der Waals surface area contributed by atoms with Crippen LogP contribution >= 0.6 is 11.3 Å². The van der Waals surface area contributed by atoms with Crippen LogP contribution in [0.2, 0.25) is 0 Å². The minimum absolute atomic E-state index is 0.0386. The van der Waals surface area contributed by atoms with E-state index in [1.807, 2.05) is 6.92 Å². The minimum atomic E-state index is -2.54. The number of carbonyl (C=O) groups is 1. The molecule has 0 atom stereocenters. The van der Waals surface area contributed by atoms with Crippen LogP contribution in [0.3, 0.4) is 0 Å². The van der Waals surface area contributed by atoms with Crippen molar-refractivity contribution in [3.8, 4) is 11.3 Å². The molecular formula is C22H18F3N5OS. The standard InChI is InChI=1S/C22H18F3N5OS/c1-3-20(31)27-16-8-13(4-5-15(16)23)21-14-6-7-30(11-18(24)25)17(14)9-19(28-21)29-22-26-10-12(2)32-22/h3-10,18H,1,11H2,2H3,(H,27,31)(H,26,28,29). The molecule has 0 aliphatic carbocycles. The second-order valence-electron chi connectivity index (χ2n) is 6.94. The molecule has 0 saturated carbocycles. The van der Waals surface area contributed by atoms with E-state index in [0.717, 1.165) is 11.0 Å². The van der Waals surface area contributed by atoms with E-state index in [9.17, 15) is 18.0 Å². The van der Waals surface area contributed by atoms with Gasteiger partial charge in [-0.1, -0.05) is 6.58 Å². The number of anilines is 3. The number of rotatable bonds is 7. The number of pyridine rings is 1. The van der Waals surface area contributed by atoms with Gasteiger partial charge in [0.1, 0.15) is 11.6 Å². The van der Waals surface area contributed by atoms with E-state index in [1.165, 1.54) is 34.1 Å². The van der Waals surface area contributed by atoms with Gasteiger partial charge in [0, 0.05) is 34.3 Å². The Kier molecular flexibility index (Phi) is 5.95. The number of nitrogens with one attached hydrogen (secondary N) is 2. The van der Waals surface area contributed by atoms with E-state index in [4.69, 9.17) is 0 Å². The zero-order valence-corrected chi connectivity index (χ0v) is 17.7. The highest BCUT2D eigenvalue weighted by atomic mass is 32.1. The van der Waals surface area contributed by atoms with Gasteiger partial charge in [0.2, 0.25) is 5.91 Å². The summed E-state index contributed by atoms with van der Waals surface area (Å²) in [5, 5.41) is 6.73. The SMILES string of the molecule is C=CC(=O)Nc1cc(-c2nc(Nc3ncc(C)s3)cc3c2ccn3CC(F)F)ccc1F. The van der Waals surface area contributed by atoms with Crippen molar-refractivity contribution in [2.45, 2.75) is 19.9 Å². The number of benzene rings is 1. The van der Waals surface area contributed by atoms with Crippen LogP contribution in [-0.2, 0) is 11.3 Å². The molecule has 6 nitrogen and oxygen atoms in total. The lowest BCUT2D eigenvalue weighted by Gasteiger charge is -2.12. The maximum Gasteiger partial charge on any atom is 0.256 e. The second kappa shape index (κ2) is 8.83. The number of aromatic nitrogens is 3. The van der Waals surface area contributed by atoms with Crippen LogP contribution in [0.5, 0.6) is 0 Å². The number of fused-ring (bicyclic) bond motifs is 1. The molecule has 4 aromatic rings. The number of nitrogens with zero attached hydrogens (tertiary/aromatic N) is 3. The molecule has 10 heteroatoms. The van der Waals surface area contributed by atoms with Gasteiger partial charge in [-0.3, -0.25) is 4.79 Å². The van der Waals surface area contributed by atoms with Gasteiger partial charge >= 0.3 is 0 Å². The van der Waals surface area contributed by atoms with Crippen molar-refractivity contribution in [1.29, 1.82) is 0 Å². The first-order chi connectivity index (χ1) is 15.3. The average Bonchev–Trinajstić information content (AvgIpc) is 3.34. The fourth-order valence-electron chi connectivity index (χ4n) is 3.25. The molecule has 4 rings (SSSR count). The van der Waals surface area contributed by atoms with Crippen molar-refractivity contribution in [2.24, 2.45) is 0 Å². The van der Waals surface area contributed by atoms with Crippen LogP contribution < -0.4 is 10.6 Å². The molecule has 0 unspecified atom stereocenters. The first-order valence-corrected chi connectivity index (χ1v) is 10.4. The predicted molar refractivity (Wildman–Crippen MR) is 120 cm³/mol. The maximum atomic E-state index is 14.2. The lowest BCUT2D eigenvalue weighted by molar-refractivity contribution is -0.111. The van der Waals surface area contributed by atoms with E-state index < -0.39 is 24.7 Å². The third-order valence-corrected chi connectivity index (χ3v) is 5.47.